The lowest BCUT2D eigenvalue weighted by Gasteiger charge is -2.15. The van der Waals surface area contributed by atoms with Gasteiger partial charge in [-0.05, 0) is 37.1 Å². The molecule has 1 heterocycles. The standard InChI is InChI=1S/C14H16F2N2S/c1-2-9-6-7-14(19-9)13(18-17)8-10-11(15)4-3-5-12(10)16/h3-7,13,18H,2,8,17H2,1H3. The van der Waals surface area contributed by atoms with E-state index in [9.17, 15) is 8.78 Å². The first kappa shape index (κ1) is 14.1. The Morgan fingerprint density at radius 2 is 1.89 bits per heavy atom. The van der Waals surface area contributed by atoms with Gasteiger partial charge in [0.1, 0.15) is 11.6 Å². The third kappa shape index (κ3) is 3.18. The van der Waals surface area contributed by atoms with Gasteiger partial charge in [0.05, 0.1) is 6.04 Å². The molecule has 5 heteroatoms. The number of hydrazine groups is 1. The third-order valence-corrected chi connectivity index (χ3v) is 4.39. The van der Waals surface area contributed by atoms with E-state index < -0.39 is 11.6 Å². The lowest BCUT2D eigenvalue weighted by molar-refractivity contribution is 0.504. The van der Waals surface area contributed by atoms with Crippen molar-refractivity contribution in [3.05, 3.63) is 57.3 Å². The minimum Gasteiger partial charge on any atom is -0.271 e. The number of benzene rings is 1. The van der Waals surface area contributed by atoms with Gasteiger partial charge >= 0.3 is 0 Å². The molecule has 1 atom stereocenters. The highest BCUT2D eigenvalue weighted by Crippen LogP contribution is 2.27. The number of halogens is 2. The highest BCUT2D eigenvalue weighted by molar-refractivity contribution is 7.12. The fraction of sp³-hybridized carbons (Fsp3) is 0.286. The fourth-order valence-electron chi connectivity index (χ4n) is 1.94. The van der Waals surface area contributed by atoms with Crippen LogP contribution in [0, 0.1) is 11.6 Å². The van der Waals surface area contributed by atoms with Gasteiger partial charge in [0.15, 0.2) is 0 Å². The summed E-state index contributed by atoms with van der Waals surface area (Å²) >= 11 is 1.61. The quantitative estimate of drug-likeness (QED) is 0.652. The summed E-state index contributed by atoms with van der Waals surface area (Å²) in [6, 6.07) is 7.57. The van der Waals surface area contributed by atoms with Crippen LogP contribution in [-0.2, 0) is 12.8 Å². The molecule has 0 bridgehead atoms. The summed E-state index contributed by atoms with van der Waals surface area (Å²) in [5.41, 5.74) is 2.70. The molecule has 0 spiro atoms. The summed E-state index contributed by atoms with van der Waals surface area (Å²) in [6.07, 6.45) is 1.13. The Hall–Kier alpha value is -1.30. The molecular formula is C14H16F2N2S. The van der Waals surface area contributed by atoms with E-state index in [4.69, 9.17) is 5.84 Å². The molecule has 2 rings (SSSR count). The van der Waals surface area contributed by atoms with Gasteiger partial charge < -0.3 is 0 Å². The summed E-state index contributed by atoms with van der Waals surface area (Å²) in [5, 5.41) is 0. The second-order valence-electron chi connectivity index (χ2n) is 4.28. The average molecular weight is 282 g/mol. The van der Waals surface area contributed by atoms with Gasteiger partial charge in [-0.15, -0.1) is 11.3 Å². The van der Waals surface area contributed by atoms with Crippen LogP contribution in [0.15, 0.2) is 30.3 Å². The Balaban J connectivity index is 2.24. The monoisotopic (exact) mass is 282 g/mol. The minimum atomic E-state index is -0.535. The molecule has 1 aromatic carbocycles. The maximum Gasteiger partial charge on any atom is 0.129 e. The number of hydrogen-bond acceptors (Lipinski definition) is 3. The van der Waals surface area contributed by atoms with Crippen molar-refractivity contribution in [3.8, 4) is 0 Å². The first-order chi connectivity index (χ1) is 9.15. The summed E-state index contributed by atoms with van der Waals surface area (Å²) < 4.78 is 27.3. The van der Waals surface area contributed by atoms with E-state index >= 15 is 0 Å². The van der Waals surface area contributed by atoms with E-state index in [2.05, 4.69) is 12.3 Å². The first-order valence-electron chi connectivity index (χ1n) is 6.13. The predicted octanol–water partition coefficient (Wildman–Crippen LogP) is 3.34. The molecule has 0 aliphatic rings. The van der Waals surface area contributed by atoms with Crippen molar-refractivity contribution in [3.63, 3.8) is 0 Å². The maximum atomic E-state index is 13.6. The maximum absolute atomic E-state index is 13.6. The van der Waals surface area contributed by atoms with Crippen LogP contribution >= 0.6 is 11.3 Å². The van der Waals surface area contributed by atoms with E-state index in [0.29, 0.717) is 0 Å². The number of thiophene rings is 1. The molecule has 0 aliphatic carbocycles. The van der Waals surface area contributed by atoms with E-state index in [0.717, 1.165) is 11.3 Å². The molecule has 1 aromatic heterocycles. The Morgan fingerprint density at radius 1 is 1.21 bits per heavy atom. The molecule has 0 amide bonds. The molecule has 0 fully saturated rings. The molecule has 2 aromatic rings. The summed E-state index contributed by atoms with van der Waals surface area (Å²) in [7, 11) is 0. The van der Waals surface area contributed by atoms with E-state index in [1.54, 1.807) is 11.3 Å². The lowest BCUT2D eigenvalue weighted by atomic mass is 10.0. The topological polar surface area (TPSA) is 38.0 Å². The van der Waals surface area contributed by atoms with Crippen LogP contribution in [0.1, 0.15) is 28.3 Å². The number of aryl methyl sites for hydroxylation is 1. The smallest absolute Gasteiger partial charge is 0.129 e. The normalized spacial score (nSPS) is 12.6. The van der Waals surface area contributed by atoms with Gasteiger partial charge in [0, 0.05) is 15.3 Å². The van der Waals surface area contributed by atoms with Gasteiger partial charge in [-0.2, -0.15) is 0 Å². The molecule has 0 aliphatic heterocycles. The molecule has 3 N–H and O–H groups in total. The van der Waals surface area contributed by atoms with Crippen molar-refractivity contribution in [1.29, 1.82) is 0 Å². The van der Waals surface area contributed by atoms with Gasteiger partial charge in [-0.25, -0.2) is 8.78 Å². The fourth-order valence-corrected chi connectivity index (χ4v) is 2.96. The van der Waals surface area contributed by atoms with E-state index in [-0.39, 0.29) is 18.0 Å². The van der Waals surface area contributed by atoms with Crippen LogP contribution in [0.2, 0.25) is 0 Å². The summed E-state index contributed by atoms with van der Waals surface area (Å²) in [6.45, 7) is 2.07. The van der Waals surface area contributed by atoms with Crippen molar-refractivity contribution in [1.82, 2.24) is 5.43 Å². The van der Waals surface area contributed by atoms with Gasteiger partial charge in [0.2, 0.25) is 0 Å². The van der Waals surface area contributed by atoms with Crippen LogP contribution in [0.4, 0.5) is 8.78 Å². The molecule has 102 valence electrons. The second kappa shape index (κ2) is 6.23. The summed E-state index contributed by atoms with van der Waals surface area (Å²) in [4.78, 5) is 2.21. The Morgan fingerprint density at radius 3 is 2.42 bits per heavy atom. The lowest BCUT2D eigenvalue weighted by Crippen LogP contribution is -2.29. The predicted molar refractivity (Wildman–Crippen MR) is 73.8 cm³/mol. The highest BCUT2D eigenvalue weighted by Gasteiger charge is 2.17. The van der Waals surface area contributed by atoms with Crippen LogP contribution in [0.25, 0.3) is 0 Å². The van der Waals surface area contributed by atoms with Crippen LogP contribution < -0.4 is 11.3 Å². The second-order valence-corrected chi connectivity index (χ2v) is 5.48. The molecule has 0 saturated carbocycles. The number of nitrogens with one attached hydrogen (secondary N) is 1. The van der Waals surface area contributed by atoms with Crippen molar-refractivity contribution < 1.29 is 8.78 Å². The zero-order valence-corrected chi connectivity index (χ0v) is 11.4. The molecular weight excluding hydrogens is 266 g/mol. The van der Waals surface area contributed by atoms with Gasteiger partial charge in [0.25, 0.3) is 0 Å². The van der Waals surface area contributed by atoms with E-state index in [1.807, 2.05) is 12.1 Å². The Kier molecular flexibility index (Phi) is 4.63. The van der Waals surface area contributed by atoms with Crippen molar-refractivity contribution in [2.75, 3.05) is 0 Å². The van der Waals surface area contributed by atoms with Crippen molar-refractivity contribution >= 4 is 11.3 Å². The van der Waals surface area contributed by atoms with Crippen LogP contribution in [-0.4, -0.2) is 0 Å². The van der Waals surface area contributed by atoms with E-state index in [1.165, 1.54) is 23.1 Å². The van der Waals surface area contributed by atoms with Crippen LogP contribution in [0.5, 0.6) is 0 Å². The molecule has 0 saturated heterocycles. The SMILES string of the molecule is CCc1ccc(C(Cc2c(F)cccc2F)NN)s1. The van der Waals surface area contributed by atoms with Gasteiger partial charge in [-0.3, -0.25) is 11.3 Å². The first-order valence-corrected chi connectivity index (χ1v) is 6.95. The largest absolute Gasteiger partial charge is 0.271 e. The number of nitrogens with two attached hydrogens (primary N) is 1. The van der Waals surface area contributed by atoms with Crippen molar-refractivity contribution in [2.24, 2.45) is 5.84 Å². The average Bonchev–Trinajstić information content (AvgIpc) is 2.87. The zero-order chi connectivity index (χ0) is 13.8. The molecule has 2 nitrogen and oxygen atoms in total. The minimum absolute atomic E-state index is 0.0666. The summed E-state index contributed by atoms with van der Waals surface area (Å²) in [5.74, 6) is 4.45. The zero-order valence-electron chi connectivity index (χ0n) is 10.6. The molecule has 0 radical (unpaired) electrons. The van der Waals surface area contributed by atoms with Crippen molar-refractivity contribution in [2.45, 2.75) is 25.8 Å². The number of hydrogen-bond donors (Lipinski definition) is 2. The van der Waals surface area contributed by atoms with Gasteiger partial charge in [-0.1, -0.05) is 13.0 Å². The van der Waals surface area contributed by atoms with Crippen LogP contribution in [0.3, 0.4) is 0 Å². The molecule has 19 heavy (non-hydrogen) atoms. The highest BCUT2D eigenvalue weighted by atomic mass is 32.1. The third-order valence-electron chi connectivity index (χ3n) is 3.05. The number of rotatable bonds is 5. The Bertz CT molecular complexity index is 534. The molecule has 1 unspecified atom stereocenters. The Labute approximate surface area is 115 Å².